The molecule has 4 amide bonds. The summed E-state index contributed by atoms with van der Waals surface area (Å²) >= 11 is 5.55. The van der Waals surface area contributed by atoms with Crippen LogP contribution in [0.2, 0.25) is 0 Å². The Bertz CT molecular complexity index is 292. The van der Waals surface area contributed by atoms with Crippen molar-refractivity contribution in [2.75, 3.05) is 19.5 Å². The Morgan fingerprint density at radius 2 is 1.86 bits per heavy atom. The summed E-state index contributed by atoms with van der Waals surface area (Å²) in [6.07, 6.45) is 0. The lowest BCUT2D eigenvalue weighted by Crippen LogP contribution is -2.35. The molecule has 0 spiro atoms. The van der Waals surface area contributed by atoms with E-state index in [4.69, 9.17) is 11.6 Å². The molecule has 1 aliphatic heterocycles. The van der Waals surface area contributed by atoms with Crippen LogP contribution in [0.15, 0.2) is 0 Å². The highest BCUT2D eigenvalue weighted by molar-refractivity contribution is 6.44. The van der Waals surface area contributed by atoms with Crippen molar-refractivity contribution >= 4 is 29.4 Å². The minimum Gasteiger partial charge on any atom is -0.263 e. The summed E-state index contributed by atoms with van der Waals surface area (Å²) in [4.78, 5) is 35.4. The standard InChI is InChI=1S/C8H11ClN2O3/c1-5(3-9)4-11-7(13)6(12)10(2)8(11)14/h5H,3-4H2,1-2H3. The van der Waals surface area contributed by atoms with Crippen molar-refractivity contribution in [3.63, 3.8) is 0 Å². The normalized spacial score (nSPS) is 19.5. The smallest absolute Gasteiger partial charge is 0.263 e. The molecule has 1 unspecified atom stereocenters. The number of halogens is 1. The van der Waals surface area contributed by atoms with E-state index in [1.165, 1.54) is 7.05 Å². The molecule has 1 saturated heterocycles. The number of rotatable bonds is 3. The van der Waals surface area contributed by atoms with Crippen LogP contribution < -0.4 is 0 Å². The highest BCUT2D eigenvalue weighted by Gasteiger charge is 2.42. The Morgan fingerprint density at radius 1 is 1.29 bits per heavy atom. The van der Waals surface area contributed by atoms with E-state index in [1.807, 2.05) is 0 Å². The molecule has 6 heteroatoms. The molecule has 0 aromatic heterocycles. The SMILES string of the molecule is CC(CCl)CN1C(=O)C(=O)N(C)C1=O. The van der Waals surface area contributed by atoms with Gasteiger partial charge in [0.25, 0.3) is 0 Å². The molecule has 5 nitrogen and oxygen atoms in total. The molecule has 0 N–H and O–H groups in total. The van der Waals surface area contributed by atoms with E-state index in [0.717, 1.165) is 9.80 Å². The van der Waals surface area contributed by atoms with Crippen molar-refractivity contribution in [3.05, 3.63) is 0 Å². The minimum atomic E-state index is -0.781. The molecule has 14 heavy (non-hydrogen) atoms. The number of likely N-dealkylation sites (N-methyl/N-ethyl adjacent to an activating group) is 1. The predicted molar refractivity (Wildman–Crippen MR) is 49.8 cm³/mol. The fraction of sp³-hybridized carbons (Fsp3) is 0.625. The van der Waals surface area contributed by atoms with Gasteiger partial charge in [-0.3, -0.25) is 19.4 Å². The van der Waals surface area contributed by atoms with Crippen molar-refractivity contribution in [2.24, 2.45) is 5.92 Å². The van der Waals surface area contributed by atoms with E-state index >= 15 is 0 Å². The lowest BCUT2D eigenvalue weighted by Gasteiger charge is -2.15. The molecule has 0 saturated carbocycles. The molecule has 1 atom stereocenters. The Kier molecular flexibility index (Phi) is 3.10. The molecule has 0 aromatic carbocycles. The molecule has 0 aromatic rings. The van der Waals surface area contributed by atoms with Gasteiger partial charge in [-0.15, -0.1) is 11.6 Å². The lowest BCUT2D eigenvalue weighted by atomic mass is 10.2. The second-order valence-electron chi connectivity index (χ2n) is 3.32. The summed E-state index contributed by atoms with van der Waals surface area (Å²) < 4.78 is 0. The van der Waals surface area contributed by atoms with Crippen LogP contribution in [-0.4, -0.2) is 47.1 Å². The zero-order valence-corrected chi connectivity index (χ0v) is 8.74. The highest BCUT2D eigenvalue weighted by Crippen LogP contribution is 2.12. The quantitative estimate of drug-likeness (QED) is 0.389. The first-order chi connectivity index (χ1) is 6.49. The third-order valence-electron chi connectivity index (χ3n) is 2.01. The Hall–Kier alpha value is -1.10. The van der Waals surface area contributed by atoms with Gasteiger partial charge in [-0.05, 0) is 5.92 Å². The molecule has 0 aliphatic carbocycles. The van der Waals surface area contributed by atoms with Crippen molar-refractivity contribution in [1.82, 2.24) is 9.80 Å². The highest BCUT2D eigenvalue weighted by atomic mass is 35.5. The Balaban J connectivity index is 2.75. The van der Waals surface area contributed by atoms with E-state index in [0.29, 0.717) is 5.88 Å². The number of carbonyl (C=O) groups excluding carboxylic acids is 3. The van der Waals surface area contributed by atoms with Crippen LogP contribution in [0.25, 0.3) is 0 Å². The van der Waals surface area contributed by atoms with Gasteiger partial charge < -0.3 is 0 Å². The van der Waals surface area contributed by atoms with Crippen molar-refractivity contribution in [1.29, 1.82) is 0 Å². The molecular formula is C8H11ClN2O3. The van der Waals surface area contributed by atoms with Crippen molar-refractivity contribution < 1.29 is 14.4 Å². The summed E-state index contributed by atoms with van der Waals surface area (Å²) in [5.74, 6) is -1.22. The topological polar surface area (TPSA) is 57.7 Å². The number of hydrogen-bond donors (Lipinski definition) is 0. The van der Waals surface area contributed by atoms with Crippen LogP contribution in [0, 0.1) is 5.92 Å². The Morgan fingerprint density at radius 3 is 2.21 bits per heavy atom. The summed E-state index contributed by atoms with van der Waals surface area (Å²) in [5, 5.41) is 0. The van der Waals surface area contributed by atoms with Gasteiger partial charge in [0.15, 0.2) is 0 Å². The van der Waals surface area contributed by atoms with Crippen LogP contribution in [0.5, 0.6) is 0 Å². The number of hydrogen-bond acceptors (Lipinski definition) is 3. The average Bonchev–Trinajstić information content (AvgIpc) is 2.35. The first kappa shape index (κ1) is 11.0. The maximum Gasteiger partial charge on any atom is 0.333 e. The number of alkyl halides is 1. The number of nitrogens with zero attached hydrogens (tertiary/aromatic N) is 2. The van der Waals surface area contributed by atoms with Gasteiger partial charge in [-0.2, -0.15) is 0 Å². The van der Waals surface area contributed by atoms with Crippen LogP contribution >= 0.6 is 11.6 Å². The first-order valence-electron chi connectivity index (χ1n) is 4.18. The first-order valence-corrected chi connectivity index (χ1v) is 4.72. The monoisotopic (exact) mass is 218 g/mol. The van der Waals surface area contributed by atoms with Gasteiger partial charge in [0.1, 0.15) is 0 Å². The zero-order valence-electron chi connectivity index (χ0n) is 7.99. The summed E-state index contributed by atoms with van der Waals surface area (Å²) in [7, 11) is 1.29. The third kappa shape index (κ3) is 1.72. The van der Waals surface area contributed by atoms with Crippen LogP contribution in [0.1, 0.15) is 6.92 Å². The van der Waals surface area contributed by atoms with Crippen LogP contribution in [0.3, 0.4) is 0 Å². The molecule has 0 bridgehead atoms. The fourth-order valence-corrected chi connectivity index (χ4v) is 1.23. The summed E-state index contributed by atoms with van der Waals surface area (Å²) in [5.41, 5.74) is 0. The Labute approximate surface area is 86.6 Å². The molecule has 78 valence electrons. The molecular weight excluding hydrogens is 208 g/mol. The largest absolute Gasteiger partial charge is 0.333 e. The maximum absolute atomic E-state index is 11.3. The second-order valence-corrected chi connectivity index (χ2v) is 3.63. The number of urea groups is 1. The van der Waals surface area contributed by atoms with Crippen molar-refractivity contribution in [3.8, 4) is 0 Å². The maximum atomic E-state index is 11.3. The third-order valence-corrected chi connectivity index (χ3v) is 2.54. The minimum absolute atomic E-state index is 0.0103. The number of carbonyl (C=O) groups is 3. The molecule has 1 rings (SSSR count). The number of imide groups is 2. The molecule has 1 fully saturated rings. The van der Waals surface area contributed by atoms with Crippen LogP contribution in [0.4, 0.5) is 4.79 Å². The fourth-order valence-electron chi connectivity index (χ4n) is 1.14. The van der Waals surface area contributed by atoms with E-state index in [2.05, 4.69) is 0 Å². The van der Waals surface area contributed by atoms with E-state index < -0.39 is 17.8 Å². The molecule has 0 radical (unpaired) electrons. The van der Waals surface area contributed by atoms with Crippen molar-refractivity contribution in [2.45, 2.75) is 6.92 Å². The van der Waals surface area contributed by atoms with E-state index in [1.54, 1.807) is 6.92 Å². The lowest BCUT2D eigenvalue weighted by molar-refractivity contribution is -0.143. The van der Waals surface area contributed by atoms with Gasteiger partial charge in [-0.25, -0.2) is 4.79 Å². The molecule has 1 heterocycles. The van der Waals surface area contributed by atoms with Gasteiger partial charge in [0, 0.05) is 19.5 Å². The van der Waals surface area contributed by atoms with Gasteiger partial charge in [-0.1, -0.05) is 6.92 Å². The van der Waals surface area contributed by atoms with E-state index in [-0.39, 0.29) is 12.5 Å². The zero-order chi connectivity index (χ0) is 10.9. The van der Waals surface area contributed by atoms with Gasteiger partial charge in [0.05, 0.1) is 0 Å². The van der Waals surface area contributed by atoms with Gasteiger partial charge in [0.2, 0.25) is 0 Å². The predicted octanol–water partition coefficient (Wildman–Crippen LogP) is 0.282. The number of amides is 4. The second kappa shape index (κ2) is 3.96. The van der Waals surface area contributed by atoms with Gasteiger partial charge >= 0.3 is 17.8 Å². The molecule has 1 aliphatic rings. The summed E-state index contributed by atoms with van der Waals surface area (Å²) in [6, 6.07) is -0.572. The average molecular weight is 219 g/mol. The summed E-state index contributed by atoms with van der Waals surface area (Å²) in [6.45, 7) is 1.99. The van der Waals surface area contributed by atoms with Crippen LogP contribution in [-0.2, 0) is 9.59 Å². The van der Waals surface area contributed by atoms with E-state index in [9.17, 15) is 14.4 Å².